The van der Waals surface area contributed by atoms with Gasteiger partial charge in [-0.2, -0.15) is 0 Å². The van der Waals surface area contributed by atoms with Crippen molar-refractivity contribution >= 4 is 113 Å². The average molecular weight is 1630 g/mol. The van der Waals surface area contributed by atoms with E-state index < -0.39 is 0 Å². The van der Waals surface area contributed by atoms with Crippen LogP contribution >= 0.6 is 0 Å². The minimum absolute atomic E-state index is 0.0273. The largest absolute Gasteiger partial charge is 0.449 e. The molecule has 30 heteroatoms. The van der Waals surface area contributed by atoms with Gasteiger partial charge < -0.3 is 63.1 Å². The van der Waals surface area contributed by atoms with E-state index >= 15 is 0 Å². The van der Waals surface area contributed by atoms with Crippen LogP contribution in [0.2, 0.25) is 0 Å². The standard InChI is InChI=1S/2C25H23N5O3.C21H27N3O3.C20H20N4O4/c31-23(21-12-16-5-9-26-15-22(16)33-21)28-14-17-13-25(17)6-10-30(11-7-25)24(32)20-4-3-18-19(29-20)2-1-8-27-18;31-23(20-12-17-5-9-26-15-21(17)33-20)28-14-18-13-25(18)6-10-30(11-7-25)24(32)19-4-3-16-2-1-8-27-22(16)29-19;1-14(2)9-19(25)24-7-4-21(5-8-24)11-16(21)12-23-20(26)17-10-15-3-6-22-13-18(15)27-17;25-18(16-9-13-1-5-21-12-17(13)27-16)22-11-14-10-20(14)3-7-24(8-4-20)19(26)15-2-6-23-28-15/h1-5,8-9,12,15,17H,6-7,10-11,13-14H2,(H,28,31);1-5,8-9,12,15,18H,6-7,10-11,13-14H2,(H,28,31);3,6,10,13-14,16H,4-5,7-9,11-12H2,1-2H3,(H,23,26);1-2,5-6,9,12,14H,3-4,7-8,10-11H2,(H,22,25). The zero-order valence-corrected chi connectivity index (χ0v) is 67.4. The second kappa shape index (κ2) is 33.2. The smallest absolute Gasteiger partial charge is 0.292 e. The molecule has 4 spiro atoms. The van der Waals surface area contributed by atoms with Gasteiger partial charge in [-0.05, 0) is 225 Å². The van der Waals surface area contributed by atoms with Gasteiger partial charge in [-0.25, -0.2) is 15.0 Å². The zero-order valence-electron chi connectivity index (χ0n) is 67.4. The molecule has 4 saturated carbocycles. The highest BCUT2D eigenvalue weighted by Gasteiger charge is 2.58. The van der Waals surface area contributed by atoms with Gasteiger partial charge in [0.25, 0.3) is 41.4 Å². The summed E-state index contributed by atoms with van der Waals surface area (Å²) in [5, 5.41) is 20.1. The Kier molecular flexibility index (Phi) is 21.7. The monoisotopic (exact) mass is 1630 g/mol. The van der Waals surface area contributed by atoms with E-state index in [0.717, 1.165) is 128 Å². The molecule has 0 aromatic carbocycles. The van der Waals surface area contributed by atoms with Crippen molar-refractivity contribution in [1.29, 1.82) is 0 Å². The molecule has 13 aromatic heterocycles. The number of furan rings is 4. The molecule has 4 aliphatic carbocycles. The number of likely N-dealkylation sites (tertiary alicyclic amines) is 4. The third-order valence-electron chi connectivity index (χ3n) is 26.5. The summed E-state index contributed by atoms with van der Waals surface area (Å²) >= 11 is 0. The number of rotatable bonds is 17. The Morgan fingerprint density at radius 1 is 0.380 bits per heavy atom. The quantitative estimate of drug-likeness (QED) is 0.0658. The SMILES string of the molecule is CC(C)CC(=O)N1CCC2(CC1)CC2CNC(=O)c1cc2ccncc2o1.O=C(NCC1CC12CCN(C(=O)c1ccc3cccnc3n1)CC2)c1cc2ccncc2o1.O=C(NCC1CC12CCN(C(=O)c1ccc3ncccc3n1)CC2)c1cc2ccncc2o1.O=C(NCC1CC12CCN(C(=O)c1ccno1)CC2)c1cc2ccncc2o1. The van der Waals surface area contributed by atoms with Crippen LogP contribution in [0.3, 0.4) is 0 Å². The normalized spacial score (nSPS) is 19.9. The lowest BCUT2D eigenvalue weighted by Crippen LogP contribution is -2.40. The maximum atomic E-state index is 13.0. The van der Waals surface area contributed by atoms with Gasteiger partial charge in [0.2, 0.25) is 11.7 Å². The van der Waals surface area contributed by atoms with Crippen molar-refractivity contribution < 1.29 is 60.5 Å². The first-order valence-corrected chi connectivity index (χ1v) is 41.8. The van der Waals surface area contributed by atoms with Gasteiger partial charge >= 0.3 is 0 Å². The molecule has 4 unspecified atom stereocenters. The van der Waals surface area contributed by atoms with Crippen molar-refractivity contribution in [2.45, 2.75) is 97.3 Å². The van der Waals surface area contributed by atoms with Gasteiger partial charge in [0.1, 0.15) is 11.4 Å². The third kappa shape index (κ3) is 17.1. The van der Waals surface area contributed by atoms with Crippen LogP contribution in [0.5, 0.6) is 0 Å². The van der Waals surface area contributed by atoms with Crippen molar-refractivity contribution in [3.05, 3.63) is 211 Å². The summed E-state index contributed by atoms with van der Waals surface area (Å²) in [5.74, 6) is 3.15. The van der Waals surface area contributed by atoms with Crippen LogP contribution in [0.1, 0.15) is 171 Å². The van der Waals surface area contributed by atoms with Crippen LogP contribution in [-0.4, -0.2) is 190 Å². The first-order valence-electron chi connectivity index (χ1n) is 41.8. The lowest BCUT2D eigenvalue weighted by atomic mass is 9.90. The number of hydrogen-bond donors (Lipinski definition) is 4. The van der Waals surface area contributed by atoms with Crippen molar-refractivity contribution in [3.8, 4) is 0 Å². The predicted octanol–water partition coefficient (Wildman–Crippen LogP) is 12.6. The van der Waals surface area contributed by atoms with Gasteiger partial charge in [0.15, 0.2) is 51.0 Å². The van der Waals surface area contributed by atoms with E-state index in [1.54, 1.807) is 104 Å². The van der Waals surface area contributed by atoms with E-state index in [1.165, 1.54) is 6.20 Å². The lowest BCUT2D eigenvalue weighted by Gasteiger charge is -2.33. The molecule has 4 atom stereocenters. The average Bonchev–Trinajstić information content (AvgIpc) is 1.60. The van der Waals surface area contributed by atoms with Crippen LogP contribution in [-0.2, 0) is 4.79 Å². The molecule has 4 N–H and O–H groups in total. The molecule has 121 heavy (non-hydrogen) atoms. The lowest BCUT2D eigenvalue weighted by molar-refractivity contribution is -0.133. The summed E-state index contributed by atoms with van der Waals surface area (Å²) in [5.41, 5.74) is 6.48. The summed E-state index contributed by atoms with van der Waals surface area (Å²) in [6.45, 7) is 12.7. The number of nitrogens with one attached hydrogen (secondary N) is 4. The highest BCUT2D eigenvalue weighted by atomic mass is 16.5. The number of carbonyl (C=O) groups is 8. The Labute approximate surface area is 694 Å². The molecule has 30 nitrogen and oxygen atoms in total. The number of nitrogens with zero attached hydrogens (tertiary/aromatic N) is 13. The first-order chi connectivity index (χ1) is 58.8. The molecule has 620 valence electrons. The number of hydrogen-bond acceptors (Lipinski definition) is 22. The minimum atomic E-state index is -0.198. The van der Waals surface area contributed by atoms with Crippen molar-refractivity contribution in [2.75, 3.05) is 78.5 Å². The summed E-state index contributed by atoms with van der Waals surface area (Å²) in [4.78, 5) is 141. The summed E-state index contributed by atoms with van der Waals surface area (Å²) < 4.78 is 27.3. The fraction of sp³-hybridized carbons (Fsp3) is 0.396. The van der Waals surface area contributed by atoms with Crippen LogP contribution in [0.25, 0.3) is 65.9 Å². The van der Waals surface area contributed by atoms with E-state index in [2.05, 4.69) is 80.1 Å². The third-order valence-corrected chi connectivity index (χ3v) is 26.5. The molecule has 8 amide bonds. The second-order valence-electron chi connectivity index (χ2n) is 34.2. The number of fused-ring (bicyclic) bond motifs is 6. The summed E-state index contributed by atoms with van der Waals surface area (Å²) in [6, 6.07) is 30.6. The number of carbonyl (C=O) groups excluding carboxylic acids is 8. The van der Waals surface area contributed by atoms with Crippen molar-refractivity contribution in [1.82, 2.24) is 85.9 Å². The fourth-order valence-electron chi connectivity index (χ4n) is 18.6. The summed E-state index contributed by atoms with van der Waals surface area (Å²) in [7, 11) is 0. The predicted molar refractivity (Wildman–Crippen MR) is 444 cm³/mol. The molecule has 8 fully saturated rings. The van der Waals surface area contributed by atoms with Crippen molar-refractivity contribution in [3.63, 3.8) is 0 Å². The Balaban J connectivity index is 0.000000111. The van der Waals surface area contributed by atoms with Crippen LogP contribution in [0.4, 0.5) is 0 Å². The second-order valence-corrected chi connectivity index (χ2v) is 34.2. The van der Waals surface area contributed by atoms with Gasteiger partial charge in [0.05, 0.1) is 42.0 Å². The molecule has 13 aromatic rings. The van der Waals surface area contributed by atoms with E-state index in [9.17, 15) is 38.4 Å². The molecule has 0 bridgehead atoms. The molecule has 8 aliphatic rings. The van der Waals surface area contributed by atoms with Gasteiger partial charge in [-0.3, -0.25) is 63.3 Å². The highest BCUT2D eigenvalue weighted by Crippen LogP contribution is 2.62. The molecular weight excluding hydrogens is 1540 g/mol. The Hall–Kier alpha value is -13.2. The fourth-order valence-corrected chi connectivity index (χ4v) is 18.6. The first kappa shape index (κ1) is 79.0. The maximum Gasteiger partial charge on any atom is 0.292 e. The Morgan fingerprint density at radius 2 is 0.752 bits per heavy atom. The number of pyridine rings is 8. The molecule has 21 rings (SSSR count). The highest BCUT2D eigenvalue weighted by molar-refractivity contribution is 6.00. The number of aromatic nitrogens is 9. The molecule has 4 aliphatic heterocycles. The van der Waals surface area contributed by atoms with E-state index in [4.69, 9.17) is 22.2 Å². The zero-order chi connectivity index (χ0) is 83.0. The maximum absolute atomic E-state index is 13.0. The molecule has 4 saturated heterocycles. The van der Waals surface area contributed by atoms with Crippen LogP contribution in [0, 0.1) is 51.2 Å². The van der Waals surface area contributed by atoms with Crippen LogP contribution < -0.4 is 21.3 Å². The van der Waals surface area contributed by atoms with E-state index in [1.807, 2.05) is 80.3 Å². The summed E-state index contributed by atoms with van der Waals surface area (Å²) in [6.07, 6.45) is 30.9. The number of piperidine rings is 4. The molecular formula is C91H93N17O13. The molecule has 17 heterocycles. The number of amides is 8. The van der Waals surface area contributed by atoms with Gasteiger partial charge in [0, 0.05) is 155 Å². The topological polar surface area (TPSA) is 379 Å². The van der Waals surface area contributed by atoms with Crippen LogP contribution in [0.15, 0.2) is 193 Å². The van der Waals surface area contributed by atoms with Gasteiger partial charge in [-0.15, -0.1) is 0 Å². The molecule has 0 radical (unpaired) electrons. The minimum Gasteiger partial charge on any atom is -0.449 e. The Morgan fingerprint density at radius 3 is 1.14 bits per heavy atom. The van der Waals surface area contributed by atoms with E-state index in [-0.39, 0.29) is 69.3 Å². The van der Waals surface area contributed by atoms with Gasteiger partial charge in [-0.1, -0.05) is 19.0 Å². The van der Waals surface area contributed by atoms with E-state index in [0.29, 0.717) is 169 Å². The Bertz CT molecular complexity index is 5720. The van der Waals surface area contributed by atoms with Crippen molar-refractivity contribution in [2.24, 2.45) is 51.2 Å².